The second-order valence-electron chi connectivity index (χ2n) is 9.77. The van der Waals surface area contributed by atoms with Crippen molar-refractivity contribution in [2.24, 2.45) is 5.92 Å². The maximum atomic E-state index is 14.4. The molecule has 6 heteroatoms. The molecule has 0 bridgehead atoms. The van der Waals surface area contributed by atoms with E-state index in [4.69, 9.17) is 18.9 Å². The van der Waals surface area contributed by atoms with E-state index in [1.807, 2.05) is 84.9 Å². The predicted octanol–water partition coefficient (Wildman–Crippen LogP) is 6.41. The molecule has 0 N–H and O–H groups in total. The van der Waals surface area contributed by atoms with Crippen LogP contribution in [0.2, 0.25) is 0 Å². The van der Waals surface area contributed by atoms with Crippen molar-refractivity contribution < 1.29 is 28.5 Å². The fourth-order valence-corrected chi connectivity index (χ4v) is 6.05. The molecule has 0 radical (unpaired) electrons. The van der Waals surface area contributed by atoms with Gasteiger partial charge < -0.3 is 18.9 Å². The maximum absolute atomic E-state index is 14.4. The summed E-state index contributed by atoms with van der Waals surface area (Å²) in [4.78, 5) is 28.7. The van der Waals surface area contributed by atoms with Crippen molar-refractivity contribution in [2.75, 3.05) is 21.3 Å². The average Bonchev–Trinajstić information content (AvgIpc) is 3.00. The number of para-hydroxylation sites is 1. The number of methoxy groups -OCH3 is 3. The van der Waals surface area contributed by atoms with Crippen LogP contribution in [-0.2, 0) is 0 Å². The molecule has 6 nitrogen and oxygen atoms in total. The molecule has 1 aliphatic heterocycles. The summed E-state index contributed by atoms with van der Waals surface area (Å²) in [6.07, 6.45) is -0.617. The molecule has 6 rings (SSSR count). The zero-order valence-corrected chi connectivity index (χ0v) is 21.9. The summed E-state index contributed by atoms with van der Waals surface area (Å²) in [5.74, 6) is 0.316. The Hall–Kier alpha value is -4.58. The Balaban J connectivity index is 1.64. The Morgan fingerprint density at radius 3 is 2.03 bits per heavy atom. The lowest BCUT2D eigenvalue weighted by molar-refractivity contribution is 0.0501. The summed E-state index contributed by atoms with van der Waals surface area (Å²) in [6.45, 7) is 0. The van der Waals surface area contributed by atoms with Gasteiger partial charge in [0.15, 0.2) is 23.1 Å². The van der Waals surface area contributed by atoms with Crippen LogP contribution in [0.15, 0.2) is 91.0 Å². The van der Waals surface area contributed by atoms with Gasteiger partial charge in [-0.05, 0) is 47.5 Å². The van der Waals surface area contributed by atoms with Crippen molar-refractivity contribution in [3.63, 3.8) is 0 Å². The Bertz CT molecular complexity index is 1540. The fraction of sp³-hybridized carbons (Fsp3) is 0.212. The highest BCUT2D eigenvalue weighted by molar-refractivity contribution is 6.06. The van der Waals surface area contributed by atoms with Gasteiger partial charge in [0.05, 0.1) is 38.7 Å². The molecule has 0 saturated heterocycles. The Labute approximate surface area is 227 Å². The minimum atomic E-state index is -0.672. The summed E-state index contributed by atoms with van der Waals surface area (Å²) in [6, 6.07) is 27.8. The third-order valence-corrected chi connectivity index (χ3v) is 7.85. The smallest absolute Gasteiger partial charge is 0.174 e. The van der Waals surface area contributed by atoms with Crippen molar-refractivity contribution >= 4 is 11.6 Å². The Kier molecular flexibility index (Phi) is 6.31. The van der Waals surface area contributed by atoms with Crippen molar-refractivity contribution in [3.05, 3.63) is 119 Å². The predicted molar refractivity (Wildman–Crippen MR) is 146 cm³/mol. The molecular weight excluding hydrogens is 492 g/mol. The van der Waals surface area contributed by atoms with Gasteiger partial charge in [0.25, 0.3) is 0 Å². The maximum Gasteiger partial charge on any atom is 0.174 e. The molecule has 2 aliphatic rings. The van der Waals surface area contributed by atoms with Crippen molar-refractivity contribution in [1.29, 1.82) is 0 Å². The first-order chi connectivity index (χ1) is 19.0. The van der Waals surface area contributed by atoms with E-state index in [-0.39, 0.29) is 11.6 Å². The molecule has 4 aromatic carbocycles. The van der Waals surface area contributed by atoms with Gasteiger partial charge in [-0.1, -0.05) is 54.6 Å². The van der Waals surface area contributed by atoms with Crippen LogP contribution in [0.3, 0.4) is 0 Å². The first kappa shape index (κ1) is 24.7. The normalized spacial score (nSPS) is 21.1. The van der Waals surface area contributed by atoms with Crippen LogP contribution in [0.5, 0.6) is 23.0 Å². The van der Waals surface area contributed by atoms with Gasteiger partial charge in [0, 0.05) is 17.0 Å². The molecule has 39 heavy (non-hydrogen) atoms. The molecule has 4 atom stereocenters. The number of Topliss-reactive ketones (excluding diaryl/α,β-unsaturated/α-hetero) is 2. The summed E-state index contributed by atoms with van der Waals surface area (Å²) < 4.78 is 23.3. The second-order valence-corrected chi connectivity index (χ2v) is 9.77. The van der Waals surface area contributed by atoms with E-state index in [1.165, 1.54) is 0 Å². The van der Waals surface area contributed by atoms with E-state index in [1.54, 1.807) is 27.4 Å². The van der Waals surface area contributed by atoms with Gasteiger partial charge in [0.2, 0.25) is 0 Å². The minimum Gasteiger partial charge on any atom is -0.497 e. The van der Waals surface area contributed by atoms with Gasteiger partial charge >= 0.3 is 0 Å². The van der Waals surface area contributed by atoms with E-state index in [0.29, 0.717) is 34.1 Å². The highest BCUT2D eigenvalue weighted by Crippen LogP contribution is 2.57. The fourth-order valence-electron chi connectivity index (χ4n) is 6.05. The van der Waals surface area contributed by atoms with Crippen molar-refractivity contribution in [2.45, 2.75) is 17.9 Å². The van der Waals surface area contributed by atoms with E-state index in [0.717, 1.165) is 16.7 Å². The summed E-state index contributed by atoms with van der Waals surface area (Å²) in [7, 11) is 4.75. The molecule has 0 fully saturated rings. The van der Waals surface area contributed by atoms with Crippen LogP contribution in [0.4, 0.5) is 0 Å². The number of carbonyl (C=O) groups is 2. The quantitative estimate of drug-likeness (QED) is 0.274. The number of carbonyl (C=O) groups excluding carboxylic acids is 2. The van der Waals surface area contributed by atoms with Crippen molar-refractivity contribution in [3.8, 4) is 23.0 Å². The van der Waals surface area contributed by atoms with Gasteiger partial charge in [-0.2, -0.15) is 0 Å². The minimum absolute atomic E-state index is 0.0473. The van der Waals surface area contributed by atoms with Crippen LogP contribution in [0.25, 0.3) is 0 Å². The summed E-state index contributed by atoms with van der Waals surface area (Å²) >= 11 is 0. The summed E-state index contributed by atoms with van der Waals surface area (Å²) in [5.41, 5.74) is 3.46. The number of hydrogen-bond donors (Lipinski definition) is 0. The molecule has 0 saturated carbocycles. The molecule has 0 spiro atoms. The molecule has 196 valence electrons. The molecule has 1 heterocycles. The lowest BCUT2D eigenvalue weighted by Crippen LogP contribution is -2.43. The van der Waals surface area contributed by atoms with Gasteiger partial charge in [-0.3, -0.25) is 9.59 Å². The highest BCUT2D eigenvalue weighted by Gasteiger charge is 2.53. The van der Waals surface area contributed by atoms with E-state index in [9.17, 15) is 9.59 Å². The third-order valence-electron chi connectivity index (χ3n) is 7.85. The number of benzene rings is 4. The number of hydrogen-bond acceptors (Lipinski definition) is 6. The highest BCUT2D eigenvalue weighted by atomic mass is 16.5. The van der Waals surface area contributed by atoms with Gasteiger partial charge in [-0.25, -0.2) is 0 Å². The number of ketones is 2. The van der Waals surface area contributed by atoms with Crippen molar-refractivity contribution in [1.82, 2.24) is 0 Å². The summed E-state index contributed by atoms with van der Waals surface area (Å²) in [5, 5.41) is 0. The average molecular weight is 521 g/mol. The molecule has 0 amide bonds. The first-order valence-corrected chi connectivity index (χ1v) is 12.8. The van der Waals surface area contributed by atoms with Crippen LogP contribution < -0.4 is 18.9 Å². The largest absolute Gasteiger partial charge is 0.497 e. The van der Waals surface area contributed by atoms with Crippen LogP contribution in [0.1, 0.15) is 55.3 Å². The topological polar surface area (TPSA) is 71.1 Å². The third kappa shape index (κ3) is 4.04. The zero-order valence-electron chi connectivity index (χ0n) is 21.9. The van der Waals surface area contributed by atoms with Crippen LogP contribution in [-0.4, -0.2) is 32.9 Å². The second kappa shape index (κ2) is 9.95. The molecular formula is C33H28O6. The van der Waals surface area contributed by atoms with E-state index >= 15 is 0 Å². The van der Waals surface area contributed by atoms with Gasteiger partial charge in [-0.15, -0.1) is 0 Å². The first-order valence-electron chi connectivity index (χ1n) is 12.8. The monoisotopic (exact) mass is 520 g/mol. The molecule has 0 unspecified atom stereocenters. The van der Waals surface area contributed by atoms with Gasteiger partial charge in [0.1, 0.15) is 17.6 Å². The number of fused-ring (bicyclic) bond motifs is 4. The molecule has 4 aromatic rings. The Morgan fingerprint density at radius 2 is 1.36 bits per heavy atom. The number of rotatable bonds is 6. The van der Waals surface area contributed by atoms with E-state index in [2.05, 4.69) is 0 Å². The van der Waals surface area contributed by atoms with Crippen LogP contribution in [0, 0.1) is 5.92 Å². The zero-order chi connectivity index (χ0) is 27.1. The lowest BCUT2D eigenvalue weighted by Gasteiger charge is -2.45. The SMILES string of the molecule is COc1ccc([C@@H]2[C@H]3C(=O)c4ccccc4O[C@H]3c3cc(OC)c(OC)cc3[C@H]2C(=O)c2ccccc2)cc1. The lowest BCUT2D eigenvalue weighted by atomic mass is 9.60. The standard InChI is InChI=1S/C33H28O6/c1-36-21-15-13-19(14-16-21)28-29(31(34)20-9-5-4-6-10-20)23-17-26(37-2)27(38-3)18-24(23)33-30(28)32(35)22-11-7-8-12-25(22)39-33/h4-18,28-30,33H,1-3H3/t28-,29+,30-,33-/m0/s1. The number of ether oxygens (including phenoxy) is 4. The molecule has 0 aromatic heterocycles. The molecule has 1 aliphatic carbocycles. The van der Waals surface area contributed by atoms with Crippen LogP contribution >= 0.6 is 0 Å². The Morgan fingerprint density at radius 1 is 0.718 bits per heavy atom. The van der Waals surface area contributed by atoms with E-state index < -0.39 is 23.9 Å².